The van der Waals surface area contributed by atoms with Gasteiger partial charge in [-0.3, -0.25) is 10.2 Å². The number of rotatable bonds is 3. The maximum atomic E-state index is 12.6. The monoisotopic (exact) mass is 356 g/mol. The predicted molar refractivity (Wildman–Crippen MR) is 87.7 cm³/mol. The molecule has 1 N–H and O–H groups in total. The lowest BCUT2D eigenvalue weighted by molar-refractivity contribution is -0.137. The summed E-state index contributed by atoms with van der Waals surface area (Å²) < 4.78 is 37.8. The molecule has 2 aliphatic heterocycles. The van der Waals surface area contributed by atoms with E-state index in [2.05, 4.69) is 10.4 Å². The topological polar surface area (TPSA) is 48.5 Å². The van der Waals surface area contributed by atoms with Crippen LogP contribution in [0.3, 0.4) is 0 Å². The lowest BCUT2D eigenvalue weighted by Crippen LogP contribution is -2.49. The molecule has 2 saturated heterocycles. The third kappa shape index (κ3) is 4.62. The second-order valence-electron chi connectivity index (χ2n) is 6.69. The molecule has 3 rings (SSSR count). The van der Waals surface area contributed by atoms with E-state index in [9.17, 15) is 18.0 Å². The van der Waals surface area contributed by atoms with Gasteiger partial charge in [-0.15, -0.1) is 0 Å². The van der Waals surface area contributed by atoms with Crippen LogP contribution in [0, 0.1) is 5.92 Å². The third-order valence-electron chi connectivity index (χ3n) is 4.89. The average molecular weight is 356 g/mol. The van der Waals surface area contributed by atoms with E-state index in [1.165, 1.54) is 12.5 Å². The number of hydrazine groups is 1. The predicted octanol–water partition coefficient (Wildman–Crippen LogP) is 2.83. The molecule has 1 amide bonds. The minimum absolute atomic E-state index is 0.0485. The standard InChI is InChI=1S/C17H23F3N4O/c18-17(19,20)14-4-5-15(21-12-14)23-10-6-13(7-11-23)16(25)22-24-8-2-1-3-9-24/h4-5,12-13H,1-3,6-11H2,(H,22,25). The van der Waals surface area contributed by atoms with Gasteiger partial charge in [-0.1, -0.05) is 6.42 Å². The Kier molecular flexibility index (Phi) is 5.46. The van der Waals surface area contributed by atoms with Crippen LogP contribution in [0.5, 0.6) is 0 Å². The van der Waals surface area contributed by atoms with Crippen LogP contribution in [0.25, 0.3) is 0 Å². The Morgan fingerprint density at radius 1 is 1.08 bits per heavy atom. The smallest absolute Gasteiger partial charge is 0.357 e. The zero-order valence-electron chi connectivity index (χ0n) is 14.1. The molecular formula is C17H23F3N4O. The number of nitrogens with zero attached hydrogens (tertiary/aromatic N) is 3. The molecule has 1 aromatic heterocycles. The van der Waals surface area contributed by atoms with Crippen LogP contribution in [0.4, 0.5) is 19.0 Å². The van der Waals surface area contributed by atoms with Crippen LogP contribution < -0.4 is 10.3 Å². The molecule has 5 nitrogen and oxygen atoms in total. The summed E-state index contributed by atoms with van der Waals surface area (Å²) in [4.78, 5) is 18.2. The minimum atomic E-state index is -4.37. The number of amides is 1. The van der Waals surface area contributed by atoms with Crippen LogP contribution in [0.1, 0.15) is 37.7 Å². The number of halogens is 3. The molecule has 2 fully saturated rings. The van der Waals surface area contributed by atoms with Gasteiger partial charge in [-0.25, -0.2) is 9.99 Å². The number of hydrogen-bond donors (Lipinski definition) is 1. The van der Waals surface area contributed by atoms with Crippen LogP contribution in [-0.4, -0.2) is 42.1 Å². The van der Waals surface area contributed by atoms with E-state index in [-0.39, 0.29) is 11.8 Å². The summed E-state index contributed by atoms with van der Waals surface area (Å²) in [5.41, 5.74) is 2.26. The van der Waals surface area contributed by atoms with Crippen molar-refractivity contribution in [1.29, 1.82) is 0 Å². The van der Waals surface area contributed by atoms with Crippen molar-refractivity contribution in [2.24, 2.45) is 5.92 Å². The molecule has 0 saturated carbocycles. The number of carbonyl (C=O) groups is 1. The summed E-state index contributed by atoms with van der Waals surface area (Å²) in [6.07, 6.45) is 1.29. The largest absolute Gasteiger partial charge is 0.417 e. The van der Waals surface area contributed by atoms with Gasteiger partial charge in [0.25, 0.3) is 0 Å². The number of anilines is 1. The molecule has 0 aromatic carbocycles. The lowest BCUT2D eigenvalue weighted by Gasteiger charge is -2.34. The Labute approximate surface area is 145 Å². The summed E-state index contributed by atoms with van der Waals surface area (Å²) in [5.74, 6) is 0.539. The highest BCUT2D eigenvalue weighted by Crippen LogP contribution is 2.30. The van der Waals surface area contributed by atoms with Gasteiger partial charge in [-0.2, -0.15) is 13.2 Å². The second kappa shape index (κ2) is 7.59. The summed E-state index contributed by atoms with van der Waals surface area (Å²) in [6.45, 7) is 3.05. The maximum Gasteiger partial charge on any atom is 0.417 e. The fraction of sp³-hybridized carbons (Fsp3) is 0.647. The zero-order chi connectivity index (χ0) is 17.9. The number of pyridine rings is 1. The van der Waals surface area contributed by atoms with Crippen molar-refractivity contribution in [3.05, 3.63) is 23.9 Å². The molecule has 0 unspecified atom stereocenters. The van der Waals surface area contributed by atoms with Gasteiger partial charge in [0.05, 0.1) is 5.56 Å². The van der Waals surface area contributed by atoms with Gasteiger partial charge in [0.1, 0.15) is 5.82 Å². The highest BCUT2D eigenvalue weighted by Gasteiger charge is 2.31. The van der Waals surface area contributed by atoms with Gasteiger partial charge >= 0.3 is 6.18 Å². The van der Waals surface area contributed by atoms with Gasteiger partial charge < -0.3 is 4.90 Å². The van der Waals surface area contributed by atoms with E-state index in [4.69, 9.17) is 0 Å². The molecule has 0 atom stereocenters. The molecule has 1 aromatic rings. The van der Waals surface area contributed by atoms with E-state index in [1.54, 1.807) is 0 Å². The highest BCUT2D eigenvalue weighted by molar-refractivity contribution is 5.78. The first-order valence-corrected chi connectivity index (χ1v) is 8.77. The van der Waals surface area contributed by atoms with Crippen LogP contribution in [0.2, 0.25) is 0 Å². The zero-order valence-corrected chi connectivity index (χ0v) is 14.1. The number of piperidine rings is 2. The summed E-state index contributed by atoms with van der Waals surface area (Å²) >= 11 is 0. The molecule has 25 heavy (non-hydrogen) atoms. The molecule has 3 heterocycles. The number of carbonyl (C=O) groups excluding carboxylic acids is 1. The molecule has 0 bridgehead atoms. The third-order valence-corrected chi connectivity index (χ3v) is 4.89. The molecule has 0 aliphatic carbocycles. The Balaban J connectivity index is 1.50. The van der Waals surface area contributed by atoms with Crippen LogP contribution in [0.15, 0.2) is 18.3 Å². The minimum Gasteiger partial charge on any atom is -0.357 e. The van der Waals surface area contributed by atoms with E-state index in [0.29, 0.717) is 31.7 Å². The summed E-state index contributed by atoms with van der Waals surface area (Å²) in [6, 6.07) is 2.45. The van der Waals surface area contributed by atoms with Crippen LogP contribution >= 0.6 is 0 Å². The molecule has 2 aliphatic rings. The quantitative estimate of drug-likeness (QED) is 0.905. The number of alkyl halides is 3. The number of hydrogen-bond acceptors (Lipinski definition) is 4. The van der Waals surface area contributed by atoms with E-state index in [1.807, 2.05) is 9.91 Å². The number of aromatic nitrogens is 1. The van der Waals surface area contributed by atoms with Crippen molar-refractivity contribution in [1.82, 2.24) is 15.4 Å². The van der Waals surface area contributed by atoms with Gasteiger partial charge in [-0.05, 0) is 37.8 Å². The molecule has 0 radical (unpaired) electrons. The van der Waals surface area contributed by atoms with E-state index < -0.39 is 11.7 Å². The first-order valence-electron chi connectivity index (χ1n) is 8.77. The van der Waals surface area contributed by atoms with Crippen molar-refractivity contribution in [2.75, 3.05) is 31.1 Å². The van der Waals surface area contributed by atoms with Crippen molar-refractivity contribution in [3.63, 3.8) is 0 Å². The Morgan fingerprint density at radius 3 is 2.32 bits per heavy atom. The van der Waals surface area contributed by atoms with E-state index >= 15 is 0 Å². The van der Waals surface area contributed by atoms with Gasteiger partial charge in [0.15, 0.2) is 0 Å². The van der Waals surface area contributed by atoms with Crippen molar-refractivity contribution >= 4 is 11.7 Å². The molecule has 138 valence electrons. The Bertz CT molecular complexity index is 577. The molecular weight excluding hydrogens is 333 g/mol. The van der Waals surface area contributed by atoms with Crippen molar-refractivity contribution in [2.45, 2.75) is 38.3 Å². The fourth-order valence-electron chi connectivity index (χ4n) is 3.36. The first-order chi connectivity index (χ1) is 11.9. The number of nitrogens with one attached hydrogen (secondary N) is 1. The average Bonchev–Trinajstić information content (AvgIpc) is 2.62. The summed E-state index contributed by atoms with van der Waals surface area (Å²) in [5, 5.41) is 2.00. The van der Waals surface area contributed by atoms with Crippen molar-refractivity contribution < 1.29 is 18.0 Å². The van der Waals surface area contributed by atoms with Gasteiger partial charge in [0.2, 0.25) is 5.91 Å². The Morgan fingerprint density at radius 2 is 1.76 bits per heavy atom. The normalized spacial score (nSPS) is 20.5. The lowest BCUT2D eigenvalue weighted by atomic mass is 9.96. The summed E-state index contributed by atoms with van der Waals surface area (Å²) in [7, 11) is 0. The molecule has 0 spiro atoms. The SMILES string of the molecule is O=C(NN1CCCCC1)C1CCN(c2ccc(C(F)(F)F)cn2)CC1. The second-order valence-corrected chi connectivity index (χ2v) is 6.69. The fourth-order valence-corrected chi connectivity index (χ4v) is 3.36. The molecule has 8 heteroatoms. The Hall–Kier alpha value is -1.83. The first kappa shape index (κ1) is 18.0. The van der Waals surface area contributed by atoms with Crippen molar-refractivity contribution in [3.8, 4) is 0 Å². The van der Waals surface area contributed by atoms with E-state index in [0.717, 1.165) is 38.2 Å². The highest BCUT2D eigenvalue weighted by atomic mass is 19.4. The maximum absolute atomic E-state index is 12.6. The van der Waals surface area contributed by atoms with Gasteiger partial charge in [0, 0.05) is 38.3 Å². The van der Waals surface area contributed by atoms with Crippen LogP contribution in [-0.2, 0) is 11.0 Å².